The van der Waals surface area contributed by atoms with E-state index < -0.39 is 0 Å². The first kappa shape index (κ1) is 23.4. The van der Waals surface area contributed by atoms with Gasteiger partial charge in [-0.05, 0) is 92.7 Å². The smallest absolute Gasteiger partial charge is 0.271 e. The van der Waals surface area contributed by atoms with Gasteiger partial charge in [0.2, 0.25) is 0 Å². The molecule has 1 fully saturated rings. The Labute approximate surface area is 208 Å². The highest BCUT2D eigenvalue weighted by Gasteiger charge is 2.13. The van der Waals surface area contributed by atoms with Gasteiger partial charge >= 0.3 is 0 Å². The summed E-state index contributed by atoms with van der Waals surface area (Å²) >= 11 is 6.96. The van der Waals surface area contributed by atoms with Crippen molar-refractivity contribution in [3.8, 4) is 5.75 Å². The Kier molecular flexibility index (Phi) is 7.77. The molecule has 8 heteroatoms. The largest absolute Gasteiger partial charge is 0.486 e. The van der Waals surface area contributed by atoms with E-state index >= 15 is 0 Å². The molecule has 5 nitrogen and oxygen atoms in total. The fourth-order valence-corrected chi connectivity index (χ4v) is 5.04. The van der Waals surface area contributed by atoms with Crippen molar-refractivity contribution in [2.75, 3.05) is 18.0 Å². The van der Waals surface area contributed by atoms with Crippen molar-refractivity contribution in [1.29, 1.82) is 0 Å². The summed E-state index contributed by atoms with van der Waals surface area (Å²) < 4.78 is 21.0. The van der Waals surface area contributed by atoms with Gasteiger partial charge in [-0.2, -0.15) is 5.10 Å². The van der Waals surface area contributed by atoms with Crippen LogP contribution in [0.2, 0.25) is 0 Å². The van der Waals surface area contributed by atoms with Crippen molar-refractivity contribution in [2.24, 2.45) is 5.10 Å². The zero-order chi connectivity index (χ0) is 23.2. The predicted octanol–water partition coefficient (Wildman–Crippen LogP) is 6.29. The van der Waals surface area contributed by atoms with Gasteiger partial charge in [-0.15, -0.1) is 0 Å². The second-order valence-corrected chi connectivity index (χ2v) is 9.34. The molecule has 4 rings (SSSR count). The monoisotopic (exact) mass is 573 g/mol. The first-order valence-electron chi connectivity index (χ1n) is 10.5. The van der Waals surface area contributed by atoms with Crippen LogP contribution in [0, 0.1) is 5.82 Å². The number of hydrazone groups is 1. The third-order valence-corrected chi connectivity index (χ3v) is 6.51. The van der Waals surface area contributed by atoms with Gasteiger partial charge in [0.15, 0.2) is 0 Å². The van der Waals surface area contributed by atoms with E-state index in [1.807, 2.05) is 36.4 Å². The summed E-state index contributed by atoms with van der Waals surface area (Å²) in [5.41, 5.74) is 5.46. The molecule has 0 saturated carbocycles. The third kappa shape index (κ3) is 6.00. The number of amides is 1. The minimum Gasteiger partial charge on any atom is -0.486 e. The van der Waals surface area contributed by atoms with E-state index in [0.29, 0.717) is 25.8 Å². The maximum atomic E-state index is 13.8. The molecule has 1 aliphatic rings. The first-order valence-corrected chi connectivity index (χ1v) is 12.1. The molecule has 0 radical (unpaired) electrons. The Morgan fingerprint density at radius 3 is 2.39 bits per heavy atom. The fourth-order valence-electron chi connectivity index (χ4n) is 3.59. The minimum absolute atomic E-state index is 0.101. The SMILES string of the molecule is O=C(N/N=C\c1cc(Br)c(OCc2ccccc2F)c(Br)c1)c1ccc(N2CCCC2)cc1. The average Bonchev–Trinajstić information content (AvgIpc) is 3.35. The van der Waals surface area contributed by atoms with E-state index in [4.69, 9.17) is 4.74 Å². The maximum absolute atomic E-state index is 13.8. The van der Waals surface area contributed by atoms with Crippen molar-refractivity contribution >= 4 is 49.7 Å². The quantitative estimate of drug-likeness (QED) is 0.266. The van der Waals surface area contributed by atoms with E-state index in [1.54, 1.807) is 24.4 Å². The summed E-state index contributed by atoms with van der Waals surface area (Å²) in [6, 6.07) is 17.7. The molecule has 0 aromatic heterocycles. The van der Waals surface area contributed by atoms with Gasteiger partial charge in [-0.1, -0.05) is 18.2 Å². The molecule has 0 atom stereocenters. The summed E-state index contributed by atoms with van der Waals surface area (Å²) in [5.74, 6) is -0.0327. The van der Waals surface area contributed by atoms with Gasteiger partial charge in [0.1, 0.15) is 18.2 Å². The molecule has 3 aromatic carbocycles. The number of nitrogens with zero attached hydrogens (tertiary/aromatic N) is 2. The molecule has 1 N–H and O–H groups in total. The van der Waals surface area contributed by atoms with Gasteiger partial charge in [0.05, 0.1) is 15.2 Å². The number of halogens is 3. The summed E-state index contributed by atoms with van der Waals surface area (Å²) in [7, 11) is 0. The molecule has 170 valence electrons. The highest BCUT2D eigenvalue weighted by Crippen LogP contribution is 2.35. The van der Waals surface area contributed by atoms with Crippen molar-refractivity contribution < 1.29 is 13.9 Å². The fraction of sp³-hybridized carbons (Fsp3) is 0.200. The van der Waals surface area contributed by atoms with Crippen LogP contribution < -0.4 is 15.1 Å². The number of hydrogen-bond donors (Lipinski definition) is 1. The number of anilines is 1. The Bertz CT molecular complexity index is 1140. The molecule has 0 unspecified atom stereocenters. The van der Waals surface area contributed by atoms with Gasteiger partial charge in [0.25, 0.3) is 5.91 Å². The lowest BCUT2D eigenvalue weighted by Crippen LogP contribution is -2.19. The van der Waals surface area contributed by atoms with E-state index in [0.717, 1.165) is 24.3 Å². The Morgan fingerprint density at radius 2 is 1.73 bits per heavy atom. The van der Waals surface area contributed by atoms with Crippen molar-refractivity contribution in [3.63, 3.8) is 0 Å². The summed E-state index contributed by atoms with van der Waals surface area (Å²) in [6.45, 7) is 2.23. The number of rotatable bonds is 7. The molecule has 1 saturated heterocycles. The lowest BCUT2D eigenvalue weighted by atomic mass is 10.2. The van der Waals surface area contributed by atoms with Crippen LogP contribution in [0.3, 0.4) is 0 Å². The van der Waals surface area contributed by atoms with Gasteiger partial charge in [0, 0.05) is 29.9 Å². The standard InChI is InChI=1S/C25H22Br2FN3O2/c26-21-13-17(14-22(27)24(21)33-16-19-5-1-2-6-23(19)28)15-29-30-25(32)18-7-9-20(10-8-18)31-11-3-4-12-31/h1-2,5-10,13-15H,3-4,11-12,16H2,(H,30,32)/b29-15-. The number of ether oxygens (including phenoxy) is 1. The van der Waals surface area contributed by atoms with Crippen molar-refractivity contribution in [1.82, 2.24) is 5.43 Å². The van der Waals surface area contributed by atoms with Crippen LogP contribution in [-0.4, -0.2) is 25.2 Å². The Hall–Kier alpha value is -2.71. The van der Waals surface area contributed by atoms with Gasteiger partial charge < -0.3 is 9.64 Å². The summed E-state index contributed by atoms with van der Waals surface area (Å²) in [6.07, 6.45) is 3.97. The van der Waals surface area contributed by atoms with Crippen LogP contribution in [0.1, 0.15) is 34.3 Å². The molecule has 1 amide bonds. The predicted molar refractivity (Wildman–Crippen MR) is 136 cm³/mol. The number of carbonyl (C=O) groups excluding carboxylic acids is 1. The summed E-state index contributed by atoms with van der Waals surface area (Å²) in [5, 5.41) is 4.07. The van der Waals surface area contributed by atoms with E-state index in [9.17, 15) is 9.18 Å². The summed E-state index contributed by atoms with van der Waals surface area (Å²) in [4.78, 5) is 14.7. The molecule has 1 aliphatic heterocycles. The molecule has 0 bridgehead atoms. The second kappa shape index (κ2) is 10.9. The third-order valence-electron chi connectivity index (χ3n) is 5.33. The minimum atomic E-state index is -0.310. The van der Waals surface area contributed by atoms with Crippen LogP contribution in [-0.2, 0) is 6.61 Å². The van der Waals surface area contributed by atoms with Crippen LogP contribution >= 0.6 is 31.9 Å². The molecular formula is C25H22Br2FN3O2. The van der Waals surface area contributed by atoms with E-state index in [-0.39, 0.29) is 18.3 Å². The molecule has 33 heavy (non-hydrogen) atoms. The van der Waals surface area contributed by atoms with Crippen LogP contribution in [0.25, 0.3) is 0 Å². The highest BCUT2D eigenvalue weighted by molar-refractivity contribution is 9.11. The molecule has 1 heterocycles. The lowest BCUT2D eigenvalue weighted by Gasteiger charge is -2.17. The van der Waals surface area contributed by atoms with E-state index in [1.165, 1.54) is 18.9 Å². The number of carbonyl (C=O) groups is 1. The van der Waals surface area contributed by atoms with Crippen LogP contribution in [0.4, 0.5) is 10.1 Å². The molecule has 0 spiro atoms. The lowest BCUT2D eigenvalue weighted by molar-refractivity contribution is 0.0955. The zero-order valence-corrected chi connectivity index (χ0v) is 20.9. The molecule has 3 aromatic rings. The van der Waals surface area contributed by atoms with Crippen LogP contribution in [0.15, 0.2) is 74.7 Å². The second-order valence-electron chi connectivity index (χ2n) is 7.63. The Morgan fingerprint density at radius 1 is 1.06 bits per heavy atom. The van der Waals surface area contributed by atoms with Gasteiger partial charge in [-0.3, -0.25) is 4.79 Å². The zero-order valence-electron chi connectivity index (χ0n) is 17.7. The Balaban J connectivity index is 1.36. The highest BCUT2D eigenvalue weighted by atomic mass is 79.9. The topological polar surface area (TPSA) is 53.9 Å². The first-order chi connectivity index (χ1) is 16.0. The molecule has 0 aliphatic carbocycles. The van der Waals surface area contributed by atoms with Crippen molar-refractivity contribution in [3.05, 3.63) is 92.1 Å². The number of nitrogens with one attached hydrogen (secondary N) is 1. The van der Waals surface area contributed by atoms with Crippen molar-refractivity contribution in [2.45, 2.75) is 19.4 Å². The van der Waals surface area contributed by atoms with Gasteiger partial charge in [-0.25, -0.2) is 9.82 Å². The maximum Gasteiger partial charge on any atom is 0.271 e. The number of hydrogen-bond acceptors (Lipinski definition) is 4. The number of benzene rings is 3. The van der Waals surface area contributed by atoms with E-state index in [2.05, 4.69) is 47.3 Å². The van der Waals surface area contributed by atoms with Crippen LogP contribution in [0.5, 0.6) is 5.75 Å². The molecular weight excluding hydrogens is 553 g/mol. The normalized spacial score (nSPS) is 13.5. The average molecular weight is 575 g/mol.